The number of hydrogen-bond acceptors (Lipinski definition) is 4. The Morgan fingerprint density at radius 1 is 1.31 bits per heavy atom. The molecule has 0 saturated heterocycles. The van der Waals surface area contributed by atoms with E-state index in [-0.39, 0.29) is 25.4 Å². The Kier molecular flexibility index (Phi) is 7.17. The standard InChI is InChI=1S/C9H20O4/c1-7(2)9(11)8(4-5-10)13-6-12-3/h7-11H,4-6H2,1-3H3/t8-,9+/m0/s1. The summed E-state index contributed by atoms with van der Waals surface area (Å²) in [5.41, 5.74) is 0. The van der Waals surface area contributed by atoms with Gasteiger partial charge in [-0.2, -0.15) is 0 Å². The van der Waals surface area contributed by atoms with Crippen LogP contribution in [0, 0.1) is 5.92 Å². The molecule has 0 radical (unpaired) electrons. The molecule has 80 valence electrons. The van der Waals surface area contributed by atoms with Gasteiger partial charge >= 0.3 is 0 Å². The largest absolute Gasteiger partial charge is 0.396 e. The molecule has 0 fully saturated rings. The number of rotatable bonds is 7. The predicted octanol–water partition coefficient (Wildman–Crippen LogP) is 0.375. The number of aliphatic hydroxyl groups excluding tert-OH is 2. The lowest BCUT2D eigenvalue weighted by molar-refractivity contribution is -0.127. The third kappa shape index (κ3) is 5.21. The predicted molar refractivity (Wildman–Crippen MR) is 49.3 cm³/mol. The summed E-state index contributed by atoms with van der Waals surface area (Å²) in [7, 11) is 1.53. The summed E-state index contributed by atoms with van der Waals surface area (Å²) in [5.74, 6) is 0.119. The van der Waals surface area contributed by atoms with Crippen LogP contribution in [0.4, 0.5) is 0 Å². The zero-order valence-electron chi connectivity index (χ0n) is 8.56. The van der Waals surface area contributed by atoms with Gasteiger partial charge in [0.05, 0.1) is 12.2 Å². The fraction of sp³-hybridized carbons (Fsp3) is 1.00. The summed E-state index contributed by atoms with van der Waals surface area (Å²) in [6.07, 6.45) is -0.463. The second-order valence-electron chi connectivity index (χ2n) is 3.36. The highest BCUT2D eigenvalue weighted by atomic mass is 16.7. The maximum absolute atomic E-state index is 9.65. The molecule has 0 heterocycles. The van der Waals surface area contributed by atoms with Crippen LogP contribution in [-0.4, -0.2) is 42.9 Å². The van der Waals surface area contributed by atoms with E-state index in [0.717, 1.165) is 0 Å². The van der Waals surface area contributed by atoms with Gasteiger partial charge < -0.3 is 19.7 Å². The highest BCUT2D eigenvalue weighted by Gasteiger charge is 2.22. The third-order valence-corrected chi connectivity index (χ3v) is 1.88. The van der Waals surface area contributed by atoms with Gasteiger partial charge in [0.15, 0.2) is 0 Å². The molecule has 0 unspecified atom stereocenters. The highest BCUT2D eigenvalue weighted by molar-refractivity contribution is 4.71. The van der Waals surface area contributed by atoms with Crippen LogP contribution >= 0.6 is 0 Å². The van der Waals surface area contributed by atoms with Crippen LogP contribution in [0.3, 0.4) is 0 Å². The van der Waals surface area contributed by atoms with Gasteiger partial charge in [0, 0.05) is 13.7 Å². The van der Waals surface area contributed by atoms with Gasteiger partial charge in [-0.1, -0.05) is 13.8 Å². The van der Waals surface area contributed by atoms with Crippen molar-refractivity contribution >= 4 is 0 Å². The van der Waals surface area contributed by atoms with E-state index >= 15 is 0 Å². The van der Waals surface area contributed by atoms with Crippen LogP contribution in [0.5, 0.6) is 0 Å². The molecule has 0 aliphatic rings. The minimum atomic E-state index is -0.553. The van der Waals surface area contributed by atoms with Gasteiger partial charge in [-0.25, -0.2) is 0 Å². The van der Waals surface area contributed by atoms with Crippen molar-refractivity contribution in [2.45, 2.75) is 32.5 Å². The van der Waals surface area contributed by atoms with Crippen molar-refractivity contribution in [3.63, 3.8) is 0 Å². The Balaban J connectivity index is 3.90. The normalized spacial score (nSPS) is 16.2. The van der Waals surface area contributed by atoms with E-state index in [0.29, 0.717) is 6.42 Å². The summed E-state index contributed by atoms with van der Waals surface area (Å²) in [5, 5.41) is 18.4. The third-order valence-electron chi connectivity index (χ3n) is 1.88. The van der Waals surface area contributed by atoms with Crippen molar-refractivity contribution in [2.75, 3.05) is 20.5 Å². The molecular formula is C9H20O4. The van der Waals surface area contributed by atoms with E-state index in [2.05, 4.69) is 0 Å². The molecule has 0 aliphatic heterocycles. The van der Waals surface area contributed by atoms with E-state index in [1.807, 2.05) is 13.8 Å². The summed E-state index contributed by atoms with van der Waals surface area (Å²) in [6.45, 7) is 3.98. The first-order valence-corrected chi connectivity index (χ1v) is 4.53. The molecule has 0 rings (SSSR count). The van der Waals surface area contributed by atoms with Crippen molar-refractivity contribution in [1.82, 2.24) is 0 Å². The van der Waals surface area contributed by atoms with E-state index in [1.165, 1.54) is 7.11 Å². The maximum Gasteiger partial charge on any atom is 0.146 e. The molecule has 0 amide bonds. The van der Waals surface area contributed by atoms with Crippen molar-refractivity contribution in [3.05, 3.63) is 0 Å². The van der Waals surface area contributed by atoms with Crippen LogP contribution in [-0.2, 0) is 9.47 Å². The minimum Gasteiger partial charge on any atom is -0.396 e. The zero-order valence-corrected chi connectivity index (χ0v) is 8.56. The molecule has 0 aromatic heterocycles. The van der Waals surface area contributed by atoms with Gasteiger partial charge in [-0.05, 0) is 12.3 Å². The van der Waals surface area contributed by atoms with Crippen LogP contribution in [0.1, 0.15) is 20.3 Å². The van der Waals surface area contributed by atoms with Crippen molar-refractivity contribution in [3.8, 4) is 0 Å². The lowest BCUT2D eigenvalue weighted by Gasteiger charge is -2.24. The summed E-state index contributed by atoms with van der Waals surface area (Å²) in [4.78, 5) is 0. The van der Waals surface area contributed by atoms with Crippen molar-refractivity contribution in [1.29, 1.82) is 0 Å². The minimum absolute atomic E-state index is 0.0121. The SMILES string of the molecule is COCO[C@@H](CCO)[C@H](O)C(C)C. The smallest absolute Gasteiger partial charge is 0.146 e. The average Bonchev–Trinajstić information content (AvgIpc) is 2.11. The first kappa shape index (κ1) is 12.8. The Morgan fingerprint density at radius 2 is 1.92 bits per heavy atom. The Bertz CT molecular complexity index is 116. The van der Waals surface area contributed by atoms with Crippen LogP contribution < -0.4 is 0 Å². The molecule has 4 heteroatoms. The molecule has 13 heavy (non-hydrogen) atoms. The highest BCUT2D eigenvalue weighted by Crippen LogP contribution is 2.12. The molecule has 0 aliphatic carbocycles. The molecule has 0 bridgehead atoms. The summed E-state index contributed by atoms with van der Waals surface area (Å²) >= 11 is 0. The molecule has 0 aromatic rings. The van der Waals surface area contributed by atoms with E-state index in [1.54, 1.807) is 0 Å². The zero-order chi connectivity index (χ0) is 10.3. The Morgan fingerprint density at radius 3 is 2.31 bits per heavy atom. The second kappa shape index (κ2) is 7.26. The van der Waals surface area contributed by atoms with Crippen LogP contribution in [0.25, 0.3) is 0 Å². The molecule has 4 nitrogen and oxygen atoms in total. The van der Waals surface area contributed by atoms with Crippen LogP contribution in [0.15, 0.2) is 0 Å². The van der Waals surface area contributed by atoms with Gasteiger partial charge in [0.1, 0.15) is 6.79 Å². The number of aliphatic hydroxyl groups is 2. The summed E-state index contributed by atoms with van der Waals surface area (Å²) < 4.78 is 9.96. The first-order valence-electron chi connectivity index (χ1n) is 4.53. The van der Waals surface area contributed by atoms with Gasteiger partial charge in [0.25, 0.3) is 0 Å². The summed E-state index contributed by atoms with van der Waals surface area (Å²) in [6, 6.07) is 0. The quantitative estimate of drug-likeness (QED) is 0.572. The molecule has 0 spiro atoms. The monoisotopic (exact) mass is 192 g/mol. The Labute approximate surface area is 79.5 Å². The van der Waals surface area contributed by atoms with Gasteiger partial charge in [-0.15, -0.1) is 0 Å². The second-order valence-corrected chi connectivity index (χ2v) is 3.36. The fourth-order valence-electron chi connectivity index (χ4n) is 1.06. The maximum atomic E-state index is 9.65. The molecular weight excluding hydrogens is 172 g/mol. The van der Waals surface area contributed by atoms with E-state index in [4.69, 9.17) is 14.6 Å². The molecule has 0 saturated carbocycles. The Hall–Kier alpha value is -0.160. The molecule has 0 aromatic carbocycles. The van der Waals surface area contributed by atoms with Crippen molar-refractivity contribution < 1.29 is 19.7 Å². The first-order chi connectivity index (χ1) is 6.13. The lowest BCUT2D eigenvalue weighted by atomic mass is 10.00. The topological polar surface area (TPSA) is 58.9 Å². The van der Waals surface area contributed by atoms with Crippen LogP contribution in [0.2, 0.25) is 0 Å². The molecule has 2 atom stereocenters. The van der Waals surface area contributed by atoms with E-state index in [9.17, 15) is 5.11 Å². The molecule has 2 N–H and O–H groups in total. The van der Waals surface area contributed by atoms with E-state index < -0.39 is 6.10 Å². The fourth-order valence-corrected chi connectivity index (χ4v) is 1.06. The number of ether oxygens (including phenoxy) is 2. The number of methoxy groups -OCH3 is 1. The van der Waals surface area contributed by atoms with Gasteiger partial charge in [-0.3, -0.25) is 0 Å². The average molecular weight is 192 g/mol. The lowest BCUT2D eigenvalue weighted by Crippen LogP contribution is -2.34. The number of hydrogen-bond donors (Lipinski definition) is 2. The van der Waals surface area contributed by atoms with Crippen molar-refractivity contribution in [2.24, 2.45) is 5.92 Å². The van der Waals surface area contributed by atoms with Gasteiger partial charge in [0.2, 0.25) is 0 Å².